The van der Waals surface area contributed by atoms with Gasteiger partial charge in [-0.25, -0.2) is 0 Å². The summed E-state index contributed by atoms with van der Waals surface area (Å²) in [6, 6.07) is 0. The van der Waals surface area contributed by atoms with Crippen LogP contribution in [0.1, 0.15) is 0 Å². The maximum atomic E-state index is 11.0. The molecular weight excluding hydrogens is 200 g/mol. The van der Waals surface area contributed by atoms with Crippen LogP contribution in [0.25, 0.3) is 0 Å². The second-order valence-corrected chi connectivity index (χ2v) is 3.09. The van der Waals surface area contributed by atoms with Crippen molar-refractivity contribution in [3.8, 4) is 0 Å². The van der Waals surface area contributed by atoms with Crippen molar-refractivity contribution in [1.82, 2.24) is 10.2 Å². The van der Waals surface area contributed by atoms with Crippen molar-refractivity contribution >= 4 is 11.8 Å². The molecule has 0 aliphatic carbocycles. The Hall–Kier alpha value is -0.980. The molecule has 0 radical (unpaired) electrons. The topological polar surface area (TPSA) is 78.9 Å². The van der Waals surface area contributed by atoms with Gasteiger partial charge < -0.3 is 15.2 Å². The number of carbonyl (C=O) groups is 2. The first-order valence-electron chi connectivity index (χ1n) is 4.70. The molecular formula is C9H18N2O4. The van der Waals surface area contributed by atoms with Crippen LogP contribution < -0.4 is 5.32 Å². The summed E-state index contributed by atoms with van der Waals surface area (Å²) in [4.78, 5) is 23.6. The maximum Gasteiger partial charge on any atom is 0.319 e. The van der Waals surface area contributed by atoms with E-state index in [0.717, 1.165) is 0 Å². The fourth-order valence-electron chi connectivity index (χ4n) is 1.03. The van der Waals surface area contributed by atoms with E-state index in [2.05, 4.69) is 10.1 Å². The quantitative estimate of drug-likeness (QED) is 0.470. The summed E-state index contributed by atoms with van der Waals surface area (Å²) in [7, 11) is 3.08. The number of Topliss-reactive ketones (excluding diaryl/α,β-unsaturated/α-hetero) is 1. The third-order valence-electron chi connectivity index (χ3n) is 1.83. The van der Waals surface area contributed by atoms with Gasteiger partial charge in [0.25, 0.3) is 0 Å². The molecule has 0 aromatic heterocycles. The lowest BCUT2D eigenvalue weighted by atomic mass is 10.3. The molecule has 0 atom stereocenters. The number of methoxy groups -OCH3 is 1. The number of nitrogens with zero attached hydrogens (tertiary/aromatic N) is 1. The van der Waals surface area contributed by atoms with Gasteiger partial charge in [-0.3, -0.25) is 14.5 Å². The van der Waals surface area contributed by atoms with Crippen LogP contribution in [0.4, 0.5) is 0 Å². The molecule has 0 aromatic rings. The van der Waals surface area contributed by atoms with E-state index in [1.54, 1.807) is 11.9 Å². The summed E-state index contributed by atoms with van der Waals surface area (Å²) in [5.74, 6) is -0.702. The van der Waals surface area contributed by atoms with Crippen molar-refractivity contribution in [2.75, 3.05) is 46.9 Å². The number of nitrogens with one attached hydrogen (secondary N) is 1. The average molecular weight is 218 g/mol. The molecule has 0 rings (SSSR count). The van der Waals surface area contributed by atoms with Crippen molar-refractivity contribution in [2.24, 2.45) is 0 Å². The van der Waals surface area contributed by atoms with Gasteiger partial charge >= 0.3 is 5.97 Å². The van der Waals surface area contributed by atoms with Crippen LogP contribution in [0.3, 0.4) is 0 Å². The van der Waals surface area contributed by atoms with Crippen molar-refractivity contribution in [2.45, 2.75) is 0 Å². The van der Waals surface area contributed by atoms with E-state index in [1.165, 1.54) is 7.11 Å². The lowest BCUT2D eigenvalue weighted by Gasteiger charge is -2.19. The van der Waals surface area contributed by atoms with Crippen LogP contribution in [0, 0.1) is 0 Å². The van der Waals surface area contributed by atoms with Gasteiger partial charge in [-0.2, -0.15) is 0 Å². The normalized spacial score (nSPS) is 10.4. The zero-order valence-electron chi connectivity index (χ0n) is 9.15. The minimum atomic E-state index is -0.503. The highest BCUT2D eigenvalue weighted by atomic mass is 16.5. The number of ketones is 1. The van der Waals surface area contributed by atoms with Crippen molar-refractivity contribution < 1.29 is 19.4 Å². The van der Waals surface area contributed by atoms with E-state index in [1.807, 2.05) is 0 Å². The molecule has 0 saturated carbocycles. The Morgan fingerprint density at radius 1 is 1.40 bits per heavy atom. The fourth-order valence-corrected chi connectivity index (χ4v) is 1.03. The average Bonchev–Trinajstić information content (AvgIpc) is 2.25. The predicted octanol–water partition coefficient (Wildman–Crippen LogP) is -1.76. The van der Waals surface area contributed by atoms with Crippen molar-refractivity contribution in [3.63, 3.8) is 0 Å². The van der Waals surface area contributed by atoms with Crippen LogP contribution in [0.2, 0.25) is 0 Å². The summed E-state index contributed by atoms with van der Waals surface area (Å²) in [5.41, 5.74) is 0. The molecule has 0 amide bonds. The number of aliphatic hydroxyl groups is 1. The first-order valence-corrected chi connectivity index (χ1v) is 4.70. The summed E-state index contributed by atoms with van der Waals surface area (Å²) < 4.78 is 4.50. The molecule has 0 spiro atoms. The van der Waals surface area contributed by atoms with E-state index >= 15 is 0 Å². The Labute approximate surface area is 89.2 Å². The monoisotopic (exact) mass is 218 g/mol. The van der Waals surface area contributed by atoms with E-state index in [4.69, 9.17) is 5.11 Å². The largest absolute Gasteiger partial charge is 0.468 e. The zero-order valence-corrected chi connectivity index (χ0v) is 9.15. The highest BCUT2D eigenvalue weighted by Crippen LogP contribution is 1.90. The minimum absolute atomic E-state index is 0.0594. The van der Waals surface area contributed by atoms with Crippen molar-refractivity contribution in [3.05, 3.63) is 0 Å². The lowest BCUT2D eigenvalue weighted by Crippen LogP contribution is -2.39. The smallest absolute Gasteiger partial charge is 0.319 e. The van der Waals surface area contributed by atoms with Crippen LogP contribution >= 0.6 is 0 Å². The summed E-state index contributed by atoms with van der Waals surface area (Å²) in [6.45, 7) is 0.835. The number of hydrogen-bond donors (Lipinski definition) is 2. The Kier molecular flexibility index (Phi) is 7.79. The molecule has 0 aliphatic heterocycles. The number of esters is 1. The molecule has 2 N–H and O–H groups in total. The van der Waals surface area contributed by atoms with Crippen LogP contribution in [-0.2, 0) is 14.3 Å². The van der Waals surface area contributed by atoms with Crippen LogP contribution in [-0.4, -0.2) is 68.7 Å². The number of likely N-dealkylation sites (N-methyl/N-ethyl adjacent to an activating group) is 1. The molecule has 0 aliphatic rings. The molecule has 6 nitrogen and oxygen atoms in total. The first-order chi connectivity index (χ1) is 7.13. The molecule has 15 heavy (non-hydrogen) atoms. The number of carbonyl (C=O) groups excluding carboxylic acids is 2. The second-order valence-electron chi connectivity index (χ2n) is 3.09. The molecule has 0 unspecified atom stereocenters. The van der Waals surface area contributed by atoms with Gasteiger partial charge in [0.1, 0.15) is 6.61 Å². The zero-order chi connectivity index (χ0) is 11.7. The van der Waals surface area contributed by atoms with E-state index < -0.39 is 12.6 Å². The van der Waals surface area contributed by atoms with E-state index in [0.29, 0.717) is 13.1 Å². The van der Waals surface area contributed by atoms with Crippen molar-refractivity contribution in [1.29, 1.82) is 0 Å². The van der Waals surface area contributed by atoms with Gasteiger partial charge in [-0.1, -0.05) is 0 Å². The Morgan fingerprint density at radius 3 is 2.53 bits per heavy atom. The first kappa shape index (κ1) is 14.0. The minimum Gasteiger partial charge on any atom is -0.468 e. The van der Waals surface area contributed by atoms with Gasteiger partial charge in [0.05, 0.1) is 20.2 Å². The predicted molar refractivity (Wildman–Crippen MR) is 54.5 cm³/mol. The molecule has 0 bridgehead atoms. The number of rotatable bonds is 8. The molecule has 0 saturated heterocycles. The van der Waals surface area contributed by atoms with Gasteiger partial charge in [-0.15, -0.1) is 0 Å². The number of ether oxygens (including phenoxy) is 1. The van der Waals surface area contributed by atoms with Gasteiger partial charge in [0.2, 0.25) is 0 Å². The second kappa shape index (κ2) is 8.34. The van der Waals surface area contributed by atoms with Gasteiger partial charge in [0.15, 0.2) is 5.78 Å². The van der Waals surface area contributed by atoms with E-state index in [9.17, 15) is 9.59 Å². The molecule has 0 aromatic carbocycles. The Balaban J connectivity index is 4.05. The third kappa shape index (κ3) is 7.01. The van der Waals surface area contributed by atoms with Crippen LogP contribution in [0.15, 0.2) is 0 Å². The molecule has 0 heterocycles. The van der Waals surface area contributed by atoms with E-state index in [-0.39, 0.29) is 18.9 Å². The maximum absolute atomic E-state index is 11.0. The SMILES string of the molecule is CNCCN(CC(=O)CO)CC(=O)OC. The van der Waals surface area contributed by atoms with Crippen LogP contribution in [0.5, 0.6) is 0 Å². The Bertz CT molecular complexity index is 190. The highest BCUT2D eigenvalue weighted by molar-refractivity contribution is 5.82. The Morgan fingerprint density at radius 2 is 2.07 bits per heavy atom. The summed E-state index contributed by atoms with van der Waals surface area (Å²) >= 11 is 0. The molecule has 6 heteroatoms. The van der Waals surface area contributed by atoms with Gasteiger partial charge in [-0.05, 0) is 7.05 Å². The molecule has 88 valence electrons. The third-order valence-corrected chi connectivity index (χ3v) is 1.83. The summed E-state index contributed by atoms with van der Waals surface area (Å²) in [5, 5.41) is 11.5. The molecule has 0 fully saturated rings. The summed E-state index contributed by atoms with van der Waals surface area (Å²) in [6.07, 6.45) is 0. The standard InChI is InChI=1S/C9H18N2O4/c1-10-3-4-11(5-8(13)7-12)6-9(14)15-2/h10,12H,3-7H2,1-2H3. The fraction of sp³-hybridized carbons (Fsp3) is 0.778. The number of hydrogen-bond acceptors (Lipinski definition) is 6. The lowest BCUT2D eigenvalue weighted by molar-refractivity contribution is -0.142. The highest BCUT2D eigenvalue weighted by Gasteiger charge is 2.13. The number of aliphatic hydroxyl groups excluding tert-OH is 1. The van der Waals surface area contributed by atoms with Gasteiger partial charge in [0, 0.05) is 13.1 Å².